The summed E-state index contributed by atoms with van der Waals surface area (Å²) in [6, 6.07) is 8.25. The summed E-state index contributed by atoms with van der Waals surface area (Å²) >= 11 is 1.68. The number of aromatic nitrogens is 4. The molecule has 29 heavy (non-hydrogen) atoms. The van der Waals surface area contributed by atoms with E-state index in [4.69, 9.17) is 4.98 Å². The number of benzene rings is 1. The van der Waals surface area contributed by atoms with Crippen molar-refractivity contribution in [2.24, 2.45) is 0 Å². The van der Waals surface area contributed by atoms with E-state index in [9.17, 15) is 0 Å². The first-order valence-corrected chi connectivity index (χ1v) is 10.8. The molecular formula is C20H28N8S. The summed E-state index contributed by atoms with van der Waals surface area (Å²) in [5.74, 6) is 1.50. The molecule has 3 heterocycles. The van der Waals surface area contributed by atoms with Gasteiger partial charge in [-0.1, -0.05) is 0 Å². The van der Waals surface area contributed by atoms with Crippen LogP contribution in [0.1, 0.15) is 18.5 Å². The van der Waals surface area contributed by atoms with Gasteiger partial charge in [-0.15, -0.1) is 0 Å². The third-order valence-electron chi connectivity index (χ3n) is 4.95. The van der Waals surface area contributed by atoms with Crippen LogP contribution in [0.3, 0.4) is 0 Å². The summed E-state index contributed by atoms with van der Waals surface area (Å²) in [6.07, 6.45) is 2.57. The van der Waals surface area contributed by atoms with Gasteiger partial charge < -0.3 is 14.9 Å². The Kier molecular flexibility index (Phi) is 6.17. The minimum atomic E-state index is 0.676. The number of H-pyrrole nitrogens is 1. The molecule has 1 saturated heterocycles. The van der Waals surface area contributed by atoms with Crippen LogP contribution in [0.25, 0.3) is 22.4 Å². The lowest BCUT2D eigenvalue weighted by Crippen LogP contribution is -2.21. The zero-order chi connectivity index (χ0) is 20.2. The maximum atomic E-state index is 4.81. The highest BCUT2D eigenvalue weighted by atomic mass is 32.2. The van der Waals surface area contributed by atoms with Gasteiger partial charge in [0.25, 0.3) is 0 Å². The summed E-state index contributed by atoms with van der Waals surface area (Å²) in [5, 5.41) is 11.8. The lowest BCUT2D eigenvalue weighted by molar-refractivity contribution is 0.425. The molecule has 0 bridgehead atoms. The van der Waals surface area contributed by atoms with Gasteiger partial charge in [0.2, 0.25) is 0 Å². The topological polar surface area (TPSA) is 85.0 Å². The Labute approximate surface area is 175 Å². The Hall–Kier alpha value is -2.36. The van der Waals surface area contributed by atoms with Crippen molar-refractivity contribution < 1.29 is 0 Å². The smallest absolute Gasteiger partial charge is 0.186 e. The molecule has 1 aliphatic heterocycles. The Morgan fingerprint density at radius 1 is 1.14 bits per heavy atom. The molecule has 1 fully saturated rings. The predicted octanol–water partition coefficient (Wildman–Crippen LogP) is 3.37. The van der Waals surface area contributed by atoms with E-state index in [0.29, 0.717) is 11.5 Å². The van der Waals surface area contributed by atoms with E-state index in [1.54, 1.807) is 12.1 Å². The molecule has 2 aromatic heterocycles. The molecule has 3 aromatic rings. The molecule has 0 saturated carbocycles. The second-order valence-electron chi connectivity index (χ2n) is 7.58. The second-order valence-corrected chi connectivity index (χ2v) is 8.48. The van der Waals surface area contributed by atoms with Gasteiger partial charge in [0.15, 0.2) is 11.5 Å². The molecule has 0 aliphatic carbocycles. The fraction of sp³-hybridized carbons (Fsp3) is 0.450. The molecule has 1 aromatic carbocycles. The van der Waals surface area contributed by atoms with Crippen molar-refractivity contribution in [2.45, 2.75) is 19.8 Å². The van der Waals surface area contributed by atoms with Crippen LogP contribution in [-0.2, 0) is 0 Å². The zero-order valence-electron chi connectivity index (χ0n) is 17.2. The highest BCUT2D eigenvalue weighted by molar-refractivity contribution is 7.98. The van der Waals surface area contributed by atoms with Gasteiger partial charge in [-0.05, 0) is 58.1 Å². The number of hydrogen-bond donors (Lipinski definition) is 3. The molecule has 0 atom stereocenters. The Morgan fingerprint density at radius 2 is 1.90 bits per heavy atom. The predicted molar refractivity (Wildman–Crippen MR) is 121 cm³/mol. The van der Waals surface area contributed by atoms with Gasteiger partial charge in [0, 0.05) is 55.3 Å². The molecular weight excluding hydrogens is 384 g/mol. The number of hydrogen-bond acceptors (Lipinski definition) is 8. The molecule has 8 nitrogen and oxygen atoms in total. The van der Waals surface area contributed by atoms with E-state index in [1.807, 2.05) is 6.92 Å². The minimum absolute atomic E-state index is 0.676. The molecule has 9 heteroatoms. The first-order valence-electron chi connectivity index (χ1n) is 10.00. The molecule has 1 aliphatic rings. The quantitative estimate of drug-likeness (QED) is 0.486. The summed E-state index contributed by atoms with van der Waals surface area (Å²) in [5.41, 5.74) is 3.70. The van der Waals surface area contributed by atoms with Crippen molar-refractivity contribution in [2.75, 3.05) is 50.3 Å². The van der Waals surface area contributed by atoms with Gasteiger partial charge in [0.1, 0.15) is 5.82 Å². The highest BCUT2D eigenvalue weighted by Gasteiger charge is 2.15. The van der Waals surface area contributed by atoms with Gasteiger partial charge in [0.05, 0.1) is 5.39 Å². The number of nitrogens with one attached hydrogen (secondary N) is 3. The second kappa shape index (κ2) is 8.98. The van der Waals surface area contributed by atoms with E-state index in [2.05, 4.69) is 72.8 Å². The first-order chi connectivity index (χ1) is 14.1. The highest BCUT2D eigenvalue weighted by Crippen LogP contribution is 2.27. The SMILES string of the molecule is Cc1[nH]nc2nc(-c3ccc(NSN4CCCC4)cc3)nc(NCCN(C)C)c12. The molecule has 3 N–H and O–H groups in total. The summed E-state index contributed by atoms with van der Waals surface area (Å²) in [7, 11) is 4.12. The van der Waals surface area contributed by atoms with Crippen LogP contribution in [0, 0.1) is 6.92 Å². The standard InChI is InChI=1S/C20H28N8S/c1-14-17-19(21-10-13-27(2)3)22-18(23-20(17)25-24-14)15-6-8-16(9-7-15)26-29-28-11-4-5-12-28/h6-9,26H,4-5,10-13H2,1-3H3,(H2,21,22,23,24,25). The minimum Gasteiger partial charge on any atom is -0.368 e. The van der Waals surface area contributed by atoms with Crippen molar-refractivity contribution >= 4 is 34.7 Å². The van der Waals surface area contributed by atoms with Crippen LogP contribution in [0.5, 0.6) is 0 Å². The van der Waals surface area contributed by atoms with E-state index < -0.39 is 0 Å². The molecule has 4 rings (SSSR count). The van der Waals surface area contributed by atoms with Crippen molar-refractivity contribution in [3.05, 3.63) is 30.0 Å². The monoisotopic (exact) mass is 412 g/mol. The van der Waals surface area contributed by atoms with Crippen molar-refractivity contribution in [3.63, 3.8) is 0 Å². The van der Waals surface area contributed by atoms with E-state index in [0.717, 1.165) is 54.3 Å². The van der Waals surface area contributed by atoms with E-state index >= 15 is 0 Å². The van der Waals surface area contributed by atoms with Crippen LogP contribution >= 0.6 is 12.1 Å². The van der Waals surface area contributed by atoms with Crippen LogP contribution in [-0.4, -0.2) is 69.6 Å². The maximum absolute atomic E-state index is 4.81. The molecule has 154 valence electrons. The van der Waals surface area contributed by atoms with Gasteiger partial charge >= 0.3 is 0 Å². The van der Waals surface area contributed by atoms with Crippen LogP contribution in [0.4, 0.5) is 11.5 Å². The average Bonchev–Trinajstić information content (AvgIpc) is 3.36. The molecule has 0 radical (unpaired) electrons. The van der Waals surface area contributed by atoms with Gasteiger partial charge in [-0.2, -0.15) is 5.10 Å². The Balaban J connectivity index is 1.53. The number of rotatable bonds is 8. The summed E-state index contributed by atoms with van der Waals surface area (Å²) in [4.78, 5) is 11.6. The Bertz CT molecular complexity index is 947. The van der Waals surface area contributed by atoms with Gasteiger partial charge in [-0.25, -0.2) is 14.3 Å². The summed E-state index contributed by atoms with van der Waals surface area (Å²) < 4.78 is 5.77. The lowest BCUT2D eigenvalue weighted by atomic mass is 10.2. The first kappa shape index (κ1) is 19.9. The number of aryl methyl sites for hydroxylation is 1. The number of anilines is 2. The van der Waals surface area contributed by atoms with Crippen molar-refractivity contribution in [1.82, 2.24) is 29.4 Å². The molecule has 0 unspecified atom stereocenters. The van der Waals surface area contributed by atoms with E-state index in [-0.39, 0.29) is 0 Å². The number of nitrogens with zero attached hydrogens (tertiary/aromatic N) is 5. The lowest BCUT2D eigenvalue weighted by Gasteiger charge is -2.14. The maximum Gasteiger partial charge on any atom is 0.186 e. The van der Waals surface area contributed by atoms with Crippen LogP contribution in [0.2, 0.25) is 0 Å². The zero-order valence-corrected chi connectivity index (χ0v) is 18.0. The van der Waals surface area contributed by atoms with Gasteiger partial charge in [-0.3, -0.25) is 5.10 Å². The van der Waals surface area contributed by atoms with Crippen molar-refractivity contribution in [1.29, 1.82) is 0 Å². The molecule has 0 amide bonds. The van der Waals surface area contributed by atoms with Crippen LogP contribution in [0.15, 0.2) is 24.3 Å². The third kappa shape index (κ3) is 4.80. The fourth-order valence-corrected chi connectivity index (χ4v) is 4.12. The number of likely N-dealkylation sites (N-methyl/N-ethyl adjacent to an activating group) is 1. The number of fused-ring (bicyclic) bond motifs is 1. The Morgan fingerprint density at radius 3 is 2.62 bits per heavy atom. The van der Waals surface area contributed by atoms with Crippen molar-refractivity contribution in [3.8, 4) is 11.4 Å². The average molecular weight is 413 g/mol. The third-order valence-corrected chi connectivity index (χ3v) is 5.90. The van der Waals surface area contributed by atoms with E-state index in [1.165, 1.54) is 12.8 Å². The number of aromatic amines is 1. The molecule has 0 spiro atoms. The normalized spacial score (nSPS) is 14.8. The largest absolute Gasteiger partial charge is 0.368 e. The fourth-order valence-electron chi connectivity index (χ4n) is 3.31. The van der Waals surface area contributed by atoms with Crippen LogP contribution < -0.4 is 10.0 Å². The summed E-state index contributed by atoms with van der Waals surface area (Å²) in [6.45, 7) is 6.02.